The lowest BCUT2D eigenvalue weighted by Gasteiger charge is -2.16. The molecule has 0 fully saturated rings. The largest absolute Gasteiger partial charge is 0.488 e. The van der Waals surface area contributed by atoms with E-state index in [1.54, 1.807) is 0 Å². The number of halogens is 1. The van der Waals surface area contributed by atoms with E-state index in [9.17, 15) is 0 Å². The van der Waals surface area contributed by atoms with Crippen LogP contribution >= 0.6 is 15.9 Å². The molecule has 2 aromatic rings. The van der Waals surface area contributed by atoms with E-state index in [1.165, 1.54) is 11.1 Å². The molecule has 3 heteroatoms. The van der Waals surface area contributed by atoms with Gasteiger partial charge in [-0.25, -0.2) is 0 Å². The summed E-state index contributed by atoms with van der Waals surface area (Å²) in [6.45, 7) is 4.12. The molecule has 1 aliphatic heterocycles. The molecule has 2 nitrogen and oxygen atoms in total. The van der Waals surface area contributed by atoms with Gasteiger partial charge in [-0.05, 0) is 35.2 Å². The Hall–Kier alpha value is -1.32. The van der Waals surface area contributed by atoms with Crippen LogP contribution in [-0.2, 0) is 6.42 Å². The van der Waals surface area contributed by atoms with E-state index in [0.717, 1.165) is 29.7 Å². The maximum atomic E-state index is 5.97. The molecule has 2 atom stereocenters. The monoisotopic (exact) mass is 345 g/mol. The van der Waals surface area contributed by atoms with Crippen molar-refractivity contribution >= 4 is 15.9 Å². The SMILES string of the molecule is CC(CNCC1Cc2cc(Br)ccc2O1)c1ccccc1. The topological polar surface area (TPSA) is 21.3 Å². The van der Waals surface area contributed by atoms with E-state index in [1.807, 2.05) is 12.1 Å². The number of fused-ring (bicyclic) bond motifs is 1. The van der Waals surface area contributed by atoms with Crippen LogP contribution in [0.3, 0.4) is 0 Å². The molecule has 0 bridgehead atoms. The first-order valence-electron chi connectivity index (χ1n) is 7.43. The summed E-state index contributed by atoms with van der Waals surface area (Å²) in [7, 11) is 0. The van der Waals surface area contributed by atoms with Crippen LogP contribution < -0.4 is 10.1 Å². The third-order valence-electron chi connectivity index (χ3n) is 3.95. The van der Waals surface area contributed by atoms with Crippen LogP contribution in [0.15, 0.2) is 53.0 Å². The van der Waals surface area contributed by atoms with Gasteiger partial charge in [0.15, 0.2) is 0 Å². The van der Waals surface area contributed by atoms with E-state index >= 15 is 0 Å². The average Bonchev–Trinajstić information content (AvgIpc) is 2.89. The van der Waals surface area contributed by atoms with Crippen LogP contribution in [0.5, 0.6) is 5.75 Å². The molecule has 0 amide bonds. The molecule has 0 aliphatic carbocycles. The fraction of sp³-hybridized carbons (Fsp3) is 0.333. The quantitative estimate of drug-likeness (QED) is 0.878. The van der Waals surface area contributed by atoms with Gasteiger partial charge in [0.05, 0.1) is 0 Å². The van der Waals surface area contributed by atoms with Crippen molar-refractivity contribution in [2.24, 2.45) is 0 Å². The molecule has 1 heterocycles. The maximum Gasteiger partial charge on any atom is 0.123 e. The van der Waals surface area contributed by atoms with Gasteiger partial charge >= 0.3 is 0 Å². The number of hydrogen-bond acceptors (Lipinski definition) is 2. The standard InChI is InChI=1S/C18H20BrNO/c1-13(14-5-3-2-4-6-14)11-20-12-17-10-15-9-16(19)7-8-18(15)21-17/h2-9,13,17,20H,10-12H2,1H3. The maximum absolute atomic E-state index is 5.97. The smallest absolute Gasteiger partial charge is 0.123 e. The Bertz CT molecular complexity index is 599. The zero-order chi connectivity index (χ0) is 14.7. The molecule has 1 N–H and O–H groups in total. The lowest BCUT2D eigenvalue weighted by molar-refractivity contribution is 0.227. The Morgan fingerprint density at radius 2 is 2.05 bits per heavy atom. The highest BCUT2D eigenvalue weighted by atomic mass is 79.9. The highest BCUT2D eigenvalue weighted by Gasteiger charge is 2.22. The molecule has 0 saturated heterocycles. The van der Waals surface area contributed by atoms with Crippen molar-refractivity contribution < 1.29 is 4.74 Å². The predicted molar refractivity (Wildman–Crippen MR) is 90.0 cm³/mol. The first-order chi connectivity index (χ1) is 10.2. The molecule has 0 aromatic heterocycles. The number of hydrogen-bond donors (Lipinski definition) is 1. The molecule has 3 rings (SSSR count). The second-order valence-electron chi connectivity index (χ2n) is 5.67. The molecule has 110 valence electrons. The summed E-state index contributed by atoms with van der Waals surface area (Å²) in [5.74, 6) is 1.55. The minimum absolute atomic E-state index is 0.247. The number of rotatable bonds is 5. The molecular formula is C18H20BrNO. The van der Waals surface area contributed by atoms with Gasteiger partial charge in [-0.2, -0.15) is 0 Å². The molecule has 2 unspecified atom stereocenters. The number of benzene rings is 2. The second kappa shape index (κ2) is 6.63. The summed E-state index contributed by atoms with van der Waals surface area (Å²) in [4.78, 5) is 0. The van der Waals surface area contributed by atoms with Gasteiger partial charge in [0.1, 0.15) is 11.9 Å². The van der Waals surface area contributed by atoms with Crippen molar-refractivity contribution in [2.45, 2.75) is 25.4 Å². The predicted octanol–water partition coefficient (Wildman–Crippen LogP) is 4.15. The van der Waals surface area contributed by atoms with Gasteiger partial charge in [0, 0.05) is 24.0 Å². The minimum atomic E-state index is 0.247. The van der Waals surface area contributed by atoms with Gasteiger partial charge < -0.3 is 10.1 Å². The van der Waals surface area contributed by atoms with Crippen molar-refractivity contribution in [1.82, 2.24) is 5.32 Å². The second-order valence-corrected chi connectivity index (χ2v) is 6.58. The van der Waals surface area contributed by atoms with Gasteiger partial charge in [-0.15, -0.1) is 0 Å². The van der Waals surface area contributed by atoms with E-state index in [0.29, 0.717) is 5.92 Å². The van der Waals surface area contributed by atoms with E-state index in [2.05, 4.69) is 64.6 Å². The Labute approximate surface area is 134 Å². The van der Waals surface area contributed by atoms with E-state index in [-0.39, 0.29) is 6.10 Å². The Balaban J connectivity index is 1.47. The van der Waals surface area contributed by atoms with Crippen molar-refractivity contribution in [2.75, 3.05) is 13.1 Å². The minimum Gasteiger partial charge on any atom is -0.488 e. The van der Waals surface area contributed by atoms with Crippen molar-refractivity contribution in [3.05, 3.63) is 64.1 Å². The van der Waals surface area contributed by atoms with Crippen LogP contribution in [0.25, 0.3) is 0 Å². The zero-order valence-electron chi connectivity index (χ0n) is 12.2. The van der Waals surface area contributed by atoms with Gasteiger partial charge in [0.2, 0.25) is 0 Å². The molecular weight excluding hydrogens is 326 g/mol. The van der Waals surface area contributed by atoms with Crippen molar-refractivity contribution in [3.63, 3.8) is 0 Å². The summed E-state index contributed by atoms with van der Waals surface area (Å²) in [5.41, 5.74) is 2.68. The van der Waals surface area contributed by atoms with Gasteiger partial charge in [0.25, 0.3) is 0 Å². The Morgan fingerprint density at radius 1 is 1.24 bits per heavy atom. The highest BCUT2D eigenvalue weighted by molar-refractivity contribution is 9.10. The summed E-state index contributed by atoms with van der Waals surface area (Å²) in [5, 5.41) is 3.54. The fourth-order valence-corrected chi connectivity index (χ4v) is 3.17. The molecule has 0 radical (unpaired) electrons. The summed E-state index contributed by atoms with van der Waals surface area (Å²) in [6, 6.07) is 16.9. The lowest BCUT2D eigenvalue weighted by atomic mass is 10.0. The molecule has 1 aliphatic rings. The molecule has 2 aromatic carbocycles. The summed E-state index contributed by atoms with van der Waals surface area (Å²) in [6.07, 6.45) is 1.24. The van der Waals surface area contributed by atoms with Gasteiger partial charge in [-0.3, -0.25) is 0 Å². The van der Waals surface area contributed by atoms with Crippen LogP contribution in [0.2, 0.25) is 0 Å². The number of nitrogens with one attached hydrogen (secondary N) is 1. The van der Waals surface area contributed by atoms with E-state index < -0.39 is 0 Å². The fourth-order valence-electron chi connectivity index (χ4n) is 2.76. The first kappa shape index (κ1) is 14.6. The number of ether oxygens (including phenoxy) is 1. The van der Waals surface area contributed by atoms with Crippen molar-refractivity contribution in [3.8, 4) is 5.75 Å². The first-order valence-corrected chi connectivity index (χ1v) is 8.22. The van der Waals surface area contributed by atoms with E-state index in [4.69, 9.17) is 4.74 Å². The third kappa shape index (κ3) is 3.66. The summed E-state index contributed by atoms with van der Waals surface area (Å²) >= 11 is 3.51. The third-order valence-corrected chi connectivity index (χ3v) is 4.45. The zero-order valence-corrected chi connectivity index (χ0v) is 13.8. The Morgan fingerprint density at radius 3 is 2.86 bits per heavy atom. The van der Waals surface area contributed by atoms with Crippen molar-refractivity contribution in [1.29, 1.82) is 0 Å². The average molecular weight is 346 g/mol. The normalized spacial score (nSPS) is 18.1. The summed E-state index contributed by atoms with van der Waals surface area (Å²) < 4.78 is 7.09. The van der Waals surface area contributed by atoms with Crippen LogP contribution in [0, 0.1) is 0 Å². The Kier molecular flexibility index (Phi) is 4.61. The van der Waals surface area contributed by atoms with Crippen LogP contribution in [-0.4, -0.2) is 19.2 Å². The molecule has 21 heavy (non-hydrogen) atoms. The van der Waals surface area contributed by atoms with Crippen LogP contribution in [0.4, 0.5) is 0 Å². The van der Waals surface area contributed by atoms with Gasteiger partial charge in [-0.1, -0.05) is 53.2 Å². The lowest BCUT2D eigenvalue weighted by Crippen LogP contribution is -2.32. The molecule has 0 saturated carbocycles. The molecule has 0 spiro atoms. The highest BCUT2D eigenvalue weighted by Crippen LogP contribution is 2.30. The van der Waals surface area contributed by atoms with Crippen LogP contribution in [0.1, 0.15) is 24.0 Å².